The second-order valence-corrected chi connectivity index (χ2v) is 4.75. The van der Waals surface area contributed by atoms with Crippen molar-refractivity contribution < 1.29 is 5.11 Å². The number of aliphatic hydroxyl groups excluding tert-OH is 1. The van der Waals surface area contributed by atoms with Gasteiger partial charge in [-0.15, -0.1) is 0 Å². The quantitative estimate of drug-likeness (QED) is 0.828. The highest BCUT2D eigenvalue weighted by molar-refractivity contribution is 5.81. The van der Waals surface area contributed by atoms with Crippen LogP contribution < -0.4 is 4.90 Å². The summed E-state index contributed by atoms with van der Waals surface area (Å²) >= 11 is 0. The zero-order chi connectivity index (χ0) is 11.7. The van der Waals surface area contributed by atoms with Crippen LogP contribution in [0.3, 0.4) is 0 Å². The number of nitrogens with zero attached hydrogens (tertiary/aromatic N) is 2. The SMILES string of the molecule is OCC1CCN(c2ccc3cn[nH]c3c2)CC1. The standard InChI is InChI=1S/C13H17N3O/c17-9-10-3-5-16(6-4-10)12-2-1-11-8-14-15-13(11)7-12/h1-2,7-8,10,17H,3-6,9H2,(H,14,15). The number of aliphatic hydroxyl groups is 1. The molecule has 0 bridgehead atoms. The lowest BCUT2D eigenvalue weighted by Gasteiger charge is -2.32. The first-order valence-electron chi connectivity index (χ1n) is 6.16. The van der Waals surface area contributed by atoms with Crippen LogP contribution in [-0.2, 0) is 0 Å². The van der Waals surface area contributed by atoms with E-state index in [1.165, 1.54) is 5.69 Å². The lowest BCUT2D eigenvalue weighted by Crippen LogP contribution is -2.34. The van der Waals surface area contributed by atoms with Gasteiger partial charge in [0.15, 0.2) is 0 Å². The first-order chi connectivity index (χ1) is 8.36. The summed E-state index contributed by atoms with van der Waals surface area (Å²) in [5.74, 6) is 0.488. The minimum absolute atomic E-state index is 0.327. The van der Waals surface area contributed by atoms with Gasteiger partial charge in [-0.05, 0) is 37.0 Å². The molecule has 0 atom stereocenters. The summed E-state index contributed by atoms with van der Waals surface area (Å²) in [4.78, 5) is 2.38. The molecule has 90 valence electrons. The molecule has 1 saturated heterocycles. The molecule has 2 N–H and O–H groups in total. The molecule has 17 heavy (non-hydrogen) atoms. The Morgan fingerprint density at radius 2 is 2.18 bits per heavy atom. The molecule has 1 aromatic carbocycles. The van der Waals surface area contributed by atoms with E-state index in [1.807, 2.05) is 6.20 Å². The predicted molar refractivity (Wildman–Crippen MR) is 68.1 cm³/mol. The van der Waals surface area contributed by atoms with Crippen LogP contribution in [0.1, 0.15) is 12.8 Å². The topological polar surface area (TPSA) is 52.1 Å². The molecule has 0 radical (unpaired) electrons. The van der Waals surface area contributed by atoms with Gasteiger partial charge in [0.1, 0.15) is 0 Å². The number of aromatic nitrogens is 2. The van der Waals surface area contributed by atoms with Crippen molar-refractivity contribution in [1.82, 2.24) is 10.2 Å². The molecule has 1 aromatic heterocycles. The molecule has 4 heteroatoms. The Bertz CT molecular complexity index is 500. The van der Waals surface area contributed by atoms with E-state index in [0.29, 0.717) is 12.5 Å². The summed E-state index contributed by atoms with van der Waals surface area (Å²) in [7, 11) is 0. The molecule has 1 aliphatic heterocycles. The van der Waals surface area contributed by atoms with Crippen LogP contribution >= 0.6 is 0 Å². The van der Waals surface area contributed by atoms with Gasteiger partial charge in [-0.25, -0.2) is 0 Å². The van der Waals surface area contributed by atoms with Gasteiger partial charge in [0.05, 0.1) is 11.7 Å². The molecule has 4 nitrogen and oxygen atoms in total. The number of hydrogen-bond acceptors (Lipinski definition) is 3. The molecule has 0 aliphatic carbocycles. The van der Waals surface area contributed by atoms with E-state index in [0.717, 1.165) is 36.8 Å². The van der Waals surface area contributed by atoms with Crippen molar-refractivity contribution in [2.24, 2.45) is 5.92 Å². The monoisotopic (exact) mass is 231 g/mol. The number of nitrogens with one attached hydrogen (secondary N) is 1. The number of anilines is 1. The van der Waals surface area contributed by atoms with Crippen LogP contribution in [0.5, 0.6) is 0 Å². The van der Waals surface area contributed by atoms with E-state index in [9.17, 15) is 0 Å². The van der Waals surface area contributed by atoms with Gasteiger partial charge in [0.2, 0.25) is 0 Å². The lowest BCUT2D eigenvalue weighted by molar-refractivity contribution is 0.203. The molecular weight excluding hydrogens is 214 g/mol. The normalized spacial score (nSPS) is 17.8. The molecule has 2 heterocycles. The lowest BCUT2D eigenvalue weighted by atomic mass is 9.97. The van der Waals surface area contributed by atoms with Crippen molar-refractivity contribution in [3.63, 3.8) is 0 Å². The highest BCUT2D eigenvalue weighted by atomic mass is 16.3. The average molecular weight is 231 g/mol. The number of benzene rings is 1. The molecule has 0 saturated carbocycles. The van der Waals surface area contributed by atoms with Gasteiger partial charge in [-0.2, -0.15) is 5.10 Å². The third kappa shape index (κ3) is 2.00. The first kappa shape index (κ1) is 10.6. The molecular formula is C13H17N3O. The number of hydrogen-bond donors (Lipinski definition) is 2. The van der Waals surface area contributed by atoms with Crippen LogP contribution in [0.25, 0.3) is 10.9 Å². The fourth-order valence-corrected chi connectivity index (χ4v) is 2.50. The zero-order valence-electron chi connectivity index (χ0n) is 9.76. The van der Waals surface area contributed by atoms with Gasteiger partial charge in [0, 0.05) is 30.8 Å². The Balaban J connectivity index is 1.79. The summed E-state index contributed by atoms with van der Waals surface area (Å²) in [6.45, 7) is 2.39. The minimum Gasteiger partial charge on any atom is -0.396 e. The largest absolute Gasteiger partial charge is 0.396 e. The van der Waals surface area contributed by atoms with Gasteiger partial charge in [-0.1, -0.05) is 0 Å². The van der Waals surface area contributed by atoms with Gasteiger partial charge >= 0.3 is 0 Å². The second-order valence-electron chi connectivity index (χ2n) is 4.75. The maximum absolute atomic E-state index is 9.13. The van der Waals surface area contributed by atoms with E-state index in [-0.39, 0.29) is 0 Å². The van der Waals surface area contributed by atoms with E-state index < -0.39 is 0 Å². The molecule has 0 spiro atoms. The third-order valence-corrected chi connectivity index (χ3v) is 3.66. The Hall–Kier alpha value is -1.55. The molecule has 3 rings (SSSR count). The number of rotatable bonds is 2. The van der Waals surface area contributed by atoms with E-state index in [1.54, 1.807) is 0 Å². The van der Waals surface area contributed by atoms with Crippen LogP contribution in [0, 0.1) is 5.92 Å². The summed E-state index contributed by atoms with van der Waals surface area (Å²) < 4.78 is 0. The van der Waals surface area contributed by atoms with Crippen molar-refractivity contribution in [1.29, 1.82) is 0 Å². The van der Waals surface area contributed by atoms with Gasteiger partial charge < -0.3 is 10.0 Å². The average Bonchev–Trinajstić information content (AvgIpc) is 2.86. The zero-order valence-corrected chi connectivity index (χ0v) is 9.76. The molecule has 0 unspecified atom stereocenters. The second kappa shape index (κ2) is 4.37. The number of aromatic amines is 1. The number of H-pyrrole nitrogens is 1. The highest BCUT2D eigenvalue weighted by Gasteiger charge is 2.18. The minimum atomic E-state index is 0.327. The van der Waals surface area contributed by atoms with Crippen molar-refractivity contribution >= 4 is 16.6 Å². The maximum atomic E-state index is 9.13. The summed E-state index contributed by atoms with van der Waals surface area (Å²) in [5.41, 5.74) is 2.34. The van der Waals surface area contributed by atoms with Crippen LogP contribution in [0.15, 0.2) is 24.4 Å². The van der Waals surface area contributed by atoms with E-state index in [2.05, 4.69) is 33.3 Å². The smallest absolute Gasteiger partial charge is 0.0670 e. The number of fused-ring (bicyclic) bond motifs is 1. The Morgan fingerprint density at radius 1 is 1.35 bits per heavy atom. The Morgan fingerprint density at radius 3 is 2.94 bits per heavy atom. The Labute approximate surface area is 100 Å². The Kier molecular flexibility index (Phi) is 2.73. The van der Waals surface area contributed by atoms with Crippen LogP contribution in [0.4, 0.5) is 5.69 Å². The van der Waals surface area contributed by atoms with E-state index in [4.69, 9.17) is 5.11 Å². The molecule has 2 aromatic rings. The fraction of sp³-hybridized carbons (Fsp3) is 0.462. The van der Waals surface area contributed by atoms with Crippen molar-refractivity contribution in [3.8, 4) is 0 Å². The first-order valence-corrected chi connectivity index (χ1v) is 6.16. The molecule has 0 amide bonds. The van der Waals surface area contributed by atoms with Crippen molar-refractivity contribution in [3.05, 3.63) is 24.4 Å². The summed E-state index contributed by atoms with van der Waals surface area (Å²) in [6, 6.07) is 6.41. The van der Waals surface area contributed by atoms with Gasteiger partial charge in [-0.3, -0.25) is 5.10 Å². The van der Waals surface area contributed by atoms with Crippen LogP contribution in [0.2, 0.25) is 0 Å². The fourth-order valence-electron chi connectivity index (χ4n) is 2.50. The maximum Gasteiger partial charge on any atom is 0.0670 e. The highest BCUT2D eigenvalue weighted by Crippen LogP contribution is 2.25. The van der Waals surface area contributed by atoms with Crippen molar-refractivity contribution in [2.75, 3.05) is 24.6 Å². The molecule has 1 fully saturated rings. The predicted octanol–water partition coefficient (Wildman–Crippen LogP) is 1.77. The van der Waals surface area contributed by atoms with Gasteiger partial charge in [0.25, 0.3) is 0 Å². The van der Waals surface area contributed by atoms with Crippen LogP contribution in [-0.4, -0.2) is 35.0 Å². The summed E-state index contributed by atoms with van der Waals surface area (Å²) in [6.07, 6.45) is 4.01. The third-order valence-electron chi connectivity index (χ3n) is 3.66. The number of piperidine rings is 1. The summed E-state index contributed by atoms with van der Waals surface area (Å²) in [5, 5.41) is 17.3. The van der Waals surface area contributed by atoms with E-state index >= 15 is 0 Å². The van der Waals surface area contributed by atoms with Crippen molar-refractivity contribution in [2.45, 2.75) is 12.8 Å². The molecule has 1 aliphatic rings.